The van der Waals surface area contributed by atoms with Crippen molar-refractivity contribution in [3.05, 3.63) is 0 Å². The molecule has 0 radical (unpaired) electrons. The van der Waals surface area contributed by atoms with Crippen LogP contribution >= 0.6 is 0 Å². The molecule has 0 amide bonds. The van der Waals surface area contributed by atoms with E-state index in [4.69, 9.17) is 9.47 Å². The molecule has 0 aromatic heterocycles. The van der Waals surface area contributed by atoms with Crippen molar-refractivity contribution in [2.45, 2.75) is 53.8 Å². The van der Waals surface area contributed by atoms with Crippen LogP contribution in [0.5, 0.6) is 0 Å². The highest BCUT2D eigenvalue weighted by Gasteiger charge is 2.35. The molecule has 0 aliphatic carbocycles. The molecule has 1 aliphatic heterocycles. The summed E-state index contributed by atoms with van der Waals surface area (Å²) in [6.45, 7) is 14.6. The van der Waals surface area contributed by atoms with Crippen LogP contribution < -0.4 is 0 Å². The Morgan fingerprint density at radius 3 is 1.14 bits per heavy atom. The number of ether oxygens (including phenoxy) is 2. The molecule has 1 fully saturated rings. The summed E-state index contributed by atoms with van der Waals surface area (Å²) >= 11 is 0. The van der Waals surface area contributed by atoms with Crippen molar-refractivity contribution in [1.82, 2.24) is 0 Å². The van der Waals surface area contributed by atoms with Crippen LogP contribution in [-0.4, -0.2) is 25.4 Å². The highest BCUT2D eigenvalue weighted by atomic mass is 16.6. The van der Waals surface area contributed by atoms with Gasteiger partial charge in [-0.1, -0.05) is 41.5 Å². The third kappa shape index (κ3) is 2.96. The van der Waals surface area contributed by atoms with Crippen LogP contribution in [0.4, 0.5) is 0 Å². The summed E-state index contributed by atoms with van der Waals surface area (Å²) in [4.78, 5) is 0. The molecule has 2 heteroatoms. The van der Waals surface area contributed by atoms with Crippen LogP contribution in [0.25, 0.3) is 0 Å². The van der Waals surface area contributed by atoms with Gasteiger partial charge in [-0.05, 0) is 10.8 Å². The fourth-order valence-corrected chi connectivity index (χ4v) is 1.50. The predicted molar refractivity (Wildman–Crippen MR) is 58.4 cm³/mol. The van der Waals surface area contributed by atoms with Gasteiger partial charge in [-0.3, -0.25) is 0 Å². The molecule has 2 nitrogen and oxygen atoms in total. The Bertz CT molecular complexity index is 155. The summed E-state index contributed by atoms with van der Waals surface area (Å²) < 4.78 is 11.7. The van der Waals surface area contributed by atoms with E-state index in [9.17, 15) is 0 Å². The first-order chi connectivity index (χ1) is 6.21. The van der Waals surface area contributed by atoms with E-state index in [1.54, 1.807) is 0 Å². The van der Waals surface area contributed by atoms with Crippen LogP contribution in [0, 0.1) is 10.8 Å². The van der Waals surface area contributed by atoms with Crippen molar-refractivity contribution in [2.24, 2.45) is 10.8 Å². The minimum Gasteiger partial charge on any atom is -0.373 e. The van der Waals surface area contributed by atoms with Gasteiger partial charge in [0.1, 0.15) is 0 Å². The molecule has 0 aromatic rings. The average Bonchev–Trinajstić information content (AvgIpc) is 2.01. The second kappa shape index (κ2) is 3.82. The van der Waals surface area contributed by atoms with Crippen molar-refractivity contribution >= 4 is 0 Å². The van der Waals surface area contributed by atoms with Gasteiger partial charge in [-0.25, -0.2) is 0 Å². The zero-order valence-electron chi connectivity index (χ0n) is 10.4. The molecule has 1 saturated heterocycles. The third-order valence-corrected chi connectivity index (χ3v) is 2.83. The fraction of sp³-hybridized carbons (Fsp3) is 1.00. The Hall–Kier alpha value is -0.0800. The van der Waals surface area contributed by atoms with Crippen LogP contribution in [0.2, 0.25) is 0 Å². The zero-order valence-corrected chi connectivity index (χ0v) is 10.4. The van der Waals surface area contributed by atoms with Crippen molar-refractivity contribution in [3.63, 3.8) is 0 Å². The van der Waals surface area contributed by atoms with E-state index < -0.39 is 0 Å². The van der Waals surface area contributed by atoms with Crippen LogP contribution in [-0.2, 0) is 9.47 Å². The molecule has 14 heavy (non-hydrogen) atoms. The maximum absolute atomic E-state index is 5.86. The number of hydrogen-bond acceptors (Lipinski definition) is 2. The maximum Gasteiger partial charge on any atom is 0.0858 e. The minimum atomic E-state index is 0.183. The van der Waals surface area contributed by atoms with Gasteiger partial charge >= 0.3 is 0 Å². The Morgan fingerprint density at radius 2 is 1.00 bits per heavy atom. The van der Waals surface area contributed by atoms with Gasteiger partial charge in [0.05, 0.1) is 25.4 Å². The Balaban J connectivity index is 2.47. The molecular formula is C12H24O2. The van der Waals surface area contributed by atoms with Gasteiger partial charge in [0.15, 0.2) is 0 Å². The summed E-state index contributed by atoms with van der Waals surface area (Å²) in [5, 5.41) is 0. The molecule has 1 heterocycles. The molecule has 2 atom stereocenters. The summed E-state index contributed by atoms with van der Waals surface area (Å²) in [5.41, 5.74) is 0.367. The van der Waals surface area contributed by atoms with Crippen molar-refractivity contribution in [2.75, 3.05) is 13.2 Å². The molecule has 1 aliphatic rings. The van der Waals surface area contributed by atoms with Crippen molar-refractivity contribution in [3.8, 4) is 0 Å². The minimum absolute atomic E-state index is 0.183. The first-order valence-corrected chi connectivity index (χ1v) is 5.44. The molecule has 2 unspecified atom stereocenters. The molecule has 0 spiro atoms. The van der Waals surface area contributed by atoms with E-state index in [-0.39, 0.29) is 23.0 Å². The van der Waals surface area contributed by atoms with Gasteiger partial charge < -0.3 is 9.47 Å². The molecule has 0 aromatic carbocycles. The smallest absolute Gasteiger partial charge is 0.0858 e. The third-order valence-electron chi connectivity index (χ3n) is 2.83. The second-order valence-corrected chi connectivity index (χ2v) is 6.38. The Labute approximate surface area is 88.0 Å². The molecular weight excluding hydrogens is 176 g/mol. The van der Waals surface area contributed by atoms with E-state index in [0.717, 1.165) is 13.2 Å². The van der Waals surface area contributed by atoms with Gasteiger partial charge in [0.25, 0.3) is 0 Å². The van der Waals surface area contributed by atoms with E-state index >= 15 is 0 Å². The normalized spacial score (nSPS) is 30.4. The molecule has 0 bridgehead atoms. The number of hydrogen-bond donors (Lipinski definition) is 0. The standard InChI is InChI=1S/C12H24O2/c1-11(2,3)9-7-14-10(8-13-9)12(4,5)6/h9-10H,7-8H2,1-6H3. The lowest BCUT2D eigenvalue weighted by atomic mass is 9.86. The molecule has 0 saturated carbocycles. The van der Waals surface area contributed by atoms with Crippen molar-refractivity contribution < 1.29 is 9.47 Å². The number of rotatable bonds is 0. The van der Waals surface area contributed by atoms with Gasteiger partial charge in [0, 0.05) is 0 Å². The predicted octanol–water partition coefficient (Wildman–Crippen LogP) is 2.86. The maximum atomic E-state index is 5.86. The fourth-order valence-electron chi connectivity index (χ4n) is 1.50. The Morgan fingerprint density at radius 1 is 0.714 bits per heavy atom. The molecule has 0 N–H and O–H groups in total. The van der Waals surface area contributed by atoms with E-state index in [1.807, 2.05) is 0 Å². The lowest BCUT2D eigenvalue weighted by Crippen LogP contribution is -2.47. The second-order valence-electron chi connectivity index (χ2n) is 6.38. The van der Waals surface area contributed by atoms with Crippen LogP contribution in [0.15, 0.2) is 0 Å². The average molecular weight is 200 g/mol. The first-order valence-electron chi connectivity index (χ1n) is 5.44. The van der Waals surface area contributed by atoms with Gasteiger partial charge in [-0.2, -0.15) is 0 Å². The lowest BCUT2D eigenvalue weighted by molar-refractivity contribution is -0.189. The first kappa shape index (κ1) is 12.0. The summed E-state index contributed by atoms with van der Waals surface area (Å²) in [6, 6.07) is 0. The zero-order chi connectivity index (χ0) is 11.0. The Kier molecular flexibility index (Phi) is 3.27. The van der Waals surface area contributed by atoms with Gasteiger partial charge in [0.2, 0.25) is 0 Å². The topological polar surface area (TPSA) is 18.5 Å². The SMILES string of the molecule is CC(C)(C)C1COC(C(C)(C)C)CO1. The van der Waals surface area contributed by atoms with Crippen LogP contribution in [0.3, 0.4) is 0 Å². The van der Waals surface area contributed by atoms with Gasteiger partial charge in [-0.15, -0.1) is 0 Å². The lowest BCUT2D eigenvalue weighted by Gasteiger charge is -2.41. The molecule has 1 rings (SSSR count). The monoisotopic (exact) mass is 200 g/mol. The van der Waals surface area contributed by atoms with Crippen LogP contribution in [0.1, 0.15) is 41.5 Å². The summed E-state index contributed by atoms with van der Waals surface area (Å²) in [6.07, 6.45) is 0.474. The van der Waals surface area contributed by atoms with Crippen molar-refractivity contribution in [1.29, 1.82) is 0 Å². The highest BCUT2D eigenvalue weighted by molar-refractivity contribution is 4.82. The summed E-state index contributed by atoms with van der Waals surface area (Å²) in [5.74, 6) is 0. The van der Waals surface area contributed by atoms with E-state index in [1.165, 1.54) is 0 Å². The highest BCUT2D eigenvalue weighted by Crippen LogP contribution is 2.31. The quantitative estimate of drug-likeness (QED) is 0.598. The summed E-state index contributed by atoms with van der Waals surface area (Å²) in [7, 11) is 0. The largest absolute Gasteiger partial charge is 0.373 e. The molecule has 84 valence electrons. The van der Waals surface area contributed by atoms with E-state index in [0.29, 0.717) is 0 Å². The van der Waals surface area contributed by atoms with E-state index in [2.05, 4.69) is 41.5 Å².